The maximum absolute atomic E-state index is 11.7. The van der Waals surface area contributed by atoms with Gasteiger partial charge in [-0.15, -0.1) is 0 Å². The Kier molecular flexibility index (Phi) is 3.51. The van der Waals surface area contributed by atoms with Crippen LogP contribution in [-0.4, -0.2) is 23.5 Å². The van der Waals surface area contributed by atoms with E-state index < -0.39 is 0 Å². The van der Waals surface area contributed by atoms with Crippen LogP contribution in [0.5, 0.6) is 0 Å². The van der Waals surface area contributed by atoms with E-state index in [0.717, 1.165) is 30.5 Å². The average Bonchev–Trinajstić information content (AvgIpc) is 2.81. The van der Waals surface area contributed by atoms with E-state index >= 15 is 0 Å². The first kappa shape index (κ1) is 11.1. The highest BCUT2D eigenvalue weighted by Gasteiger charge is 2.21. The van der Waals surface area contributed by atoms with Crippen molar-refractivity contribution in [2.24, 2.45) is 0 Å². The van der Waals surface area contributed by atoms with E-state index in [-0.39, 0.29) is 11.9 Å². The number of carbonyl (C=O) groups is 1. The van der Waals surface area contributed by atoms with Gasteiger partial charge < -0.3 is 10.6 Å². The topological polar surface area (TPSA) is 54.0 Å². The van der Waals surface area contributed by atoms with Gasteiger partial charge in [0.1, 0.15) is 0 Å². The van der Waals surface area contributed by atoms with Crippen molar-refractivity contribution in [2.45, 2.75) is 32.4 Å². The van der Waals surface area contributed by atoms with Crippen molar-refractivity contribution in [3.63, 3.8) is 0 Å². The summed E-state index contributed by atoms with van der Waals surface area (Å²) < 4.78 is 0. The maximum atomic E-state index is 11.7. The zero-order valence-electron chi connectivity index (χ0n) is 9.49. The number of nitrogens with one attached hydrogen (secondary N) is 2. The van der Waals surface area contributed by atoms with Gasteiger partial charge in [0.2, 0.25) is 5.91 Å². The van der Waals surface area contributed by atoms with Crippen molar-refractivity contribution in [2.75, 3.05) is 6.54 Å². The molecule has 1 unspecified atom stereocenters. The van der Waals surface area contributed by atoms with Crippen LogP contribution in [0.3, 0.4) is 0 Å². The van der Waals surface area contributed by atoms with Crippen molar-refractivity contribution in [1.29, 1.82) is 0 Å². The molecule has 1 aromatic heterocycles. The van der Waals surface area contributed by atoms with E-state index in [9.17, 15) is 4.79 Å². The summed E-state index contributed by atoms with van der Waals surface area (Å²) in [5.41, 5.74) is 2.24. The minimum Gasteiger partial charge on any atom is -0.351 e. The molecule has 4 heteroatoms. The lowest BCUT2D eigenvalue weighted by Crippen LogP contribution is -2.40. The molecule has 0 bridgehead atoms. The number of pyridine rings is 1. The molecule has 4 nitrogen and oxygen atoms in total. The van der Waals surface area contributed by atoms with Crippen molar-refractivity contribution in [3.05, 3.63) is 29.6 Å². The molecule has 2 heterocycles. The summed E-state index contributed by atoms with van der Waals surface area (Å²) in [5, 5.41) is 6.12. The molecule has 1 atom stereocenters. The van der Waals surface area contributed by atoms with E-state index in [1.54, 1.807) is 12.4 Å². The van der Waals surface area contributed by atoms with Gasteiger partial charge in [0.05, 0.1) is 6.04 Å². The summed E-state index contributed by atoms with van der Waals surface area (Å²) in [6.45, 7) is 3.54. The van der Waals surface area contributed by atoms with E-state index in [1.807, 2.05) is 13.0 Å². The van der Waals surface area contributed by atoms with Crippen LogP contribution in [0.1, 0.15) is 24.0 Å². The number of amides is 1. The maximum Gasteiger partial charge on any atom is 0.237 e. The van der Waals surface area contributed by atoms with Crippen molar-refractivity contribution in [1.82, 2.24) is 15.6 Å². The second kappa shape index (κ2) is 5.07. The van der Waals surface area contributed by atoms with Crippen molar-refractivity contribution < 1.29 is 4.79 Å². The Labute approximate surface area is 95.5 Å². The molecule has 2 rings (SSSR count). The van der Waals surface area contributed by atoms with Crippen LogP contribution < -0.4 is 10.6 Å². The Balaban J connectivity index is 1.87. The Morgan fingerprint density at radius 1 is 1.69 bits per heavy atom. The second-order valence-electron chi connectivity index (χ2n) is 4.17. The monoisotopic (exact) mass is 219 g/mol. The summed E-state index contributed by atoms with van der Waals surface area (Å²) in [4.78, 5) is 15.8. The third-order valence-electron chi connectivity index (χ3n) is 2.98. The normalized spacial score (nSPS) is 19.7. The lowest BCUT2D eigenvalue weighted by molar-refractivity contribution is -0.122. The molecular formula is C12H17N3O. The Bertz CT molecular complexity index is 372. The summed E-state index contributed by atoms with van der Waals surface area (Å²) in [6, 6.07) is 1.95. The summed E-state index contributed by atoms with van der Waals surface area (Å²) in [5.74, 6) is 0.0979. The Morgan fingerprint density at radius 3 is 3.25 bits per heavy atom. The number of aromatic nitrogens is 1. The fourth-order valence-electron chi connectivity index (χ4n) is 1.90. The van der Waals surface area contributed by atoms with E-state index in [0.29, 0.717) is 6.54 Å². The molecule has 1 saturated heterocycles. The van der Waals surface area contributed by atoms with Crippen LogP contribution in [0, 0.1) is 6.92 Å². The molecule has 2 N–H and O–H groups in total. The van der Waals surface area contributed by atoms with Gasteiger partial charge in [-0.2, -0.15) is 0 Å². The first-order valence-electron chi connectivity index (χ1n) is 5.68. The number of nitrogens with zero attached hydrogens (tertiary/aromatic N) is 1. The number of rotatable bonds is 3. The molecule has 0 saturated carbocycles. The van der Waals surface area contributed by atoms with Crippen LogP contribution in [0.15, 0.2) is 18.5 Å². The molecule has 0 aliphatic carbocycles. The van der Waals surface area contributed by atoms with Crippen LogP contribution in [0.25, 0.3) is 0 Å². The second-order valence-corrected chi connectivity index (χ2v) is 4.17. The molecule has 1 amide bonds. The molecule has 0 spiro atoms. The molecular weight excluding hydrogens is 202 g/mol. The Morgan fingerprint density at radius 2 is 2.56 bits per heavy atom. The lowest BCUT2D eigenvalue weighted by atomic mass is 10.1. The van der Waals surface area contributed by atoms with Gasteiger partial charge in [0, 0.05) is 18.9 Å². The molecule has 86 valence electrons. The van der Waals surface area contributed by atoms with Gasteiger partial charge in [-0.3, -0.25) is 9.78 Å². The lowest BCUT2D eigenvalue weighted by Gasteiger charge is -2.11. The quantitative estimate of drug-likeness (QED) is 0.789. The predicted octanol–water partition coefficient (Wildman–Crippen LogP) is 0.758. The van der Waals surface area contributed by atoms with Crippen LogP contribution in [0.4, 0.5) is 0 Å². The molecule has 1 fully saturated rings. The van der Waals surface area contributed by atoms with Gasteiger partial charge >= 0.3 is 0 Å². The Hall–Kier alpha value is -1.42. The molecule has 16 heavy (non-hydrogen) atoms. The standard InChI is InChI=1S/C12H17N3O/c1-9-4-6-13-7-10(9)8-15-12(16)11-3-2-5-14-11/h4,6-7,11,14H,2-3,5,8H2,1H3,(H,15,16). The fourth-order valence-corrected chi connectivity index (χ4v) is 1.90. The average molecular weight is 219 g/mol. The van der Waals surface area contributed by atoms with Crippen LogP contribution in [-0.2, 0) is 11.3 Å². The van der Waals surface area contributed by atoms with Gasteiger partial charge in [0.15, 0.2) is 0 Å². The molecule has 0 radical (unpaired) electrons. The van der Waals surface area contributed by atoms with Crippen LogP contribution >= 0.6 is 0 Å². The van der Waals surface area contributed by atoms with E-state index in [1.165, 1.54) is 0 Å². The summed E-state index contributed by atoms with van der Waals surface area (Å²) in [6.07, 6.45) is 5.60. The van der Waals surface area contributed by atoms with Gasteiger partial charge in [-0.05, 0) is 43.5 Å². The minimum atomic E-state index is -0.00280. The van der Waals surface area contributed by atoms with Gasteiger partial charge in [-0.1, -0.05) is 0 Å². The van der Waals surface area contributed by atoms with Crippen molar-refractivity contribution in [3.8, 4) is 0 Å². The highest BCUT2D eigenvalue weighted by atomic mass is 16.2. The van der Waals surface area contributed by atoms with Gasteiger partial charge in [-0.25, -0.2) is 0 Å². The third-order valence-corrected chi connectivity index (χ3v) is 2.98. The minimum absolute atomic E-state index is 0.00280. The summed E-state index contributed by atoms with van der Waals surface area (Å²) >= 11 is 0. The highest BCUT2D eigenvalue weighted by Crippen LogP contribution is 2.07. The fraction of sp³-hybridized carbons (Fsp3) is 0.500. The summed E-state index contributed by atoms with van der Waals surface area (Å²) in [7, 11) is 0. The first-order chi connectivity index (χ1) is 7.77. The number of hydrogen-bond donors (Lipinski definition) is 2. The number of carbonyl (C=O) groups excluding carboxylic acids is 1. The largest absolute Gasteiger partial charge is 0.351 e. The zero-order chi connectivity index (χ0) is 11.4. The smallest absolute Gasteiger partial charge is 0.237 e. The zero-order valence-corrected chi connectivity index (χ0v) is 9.49. The third kappa shape index (κ3) is 2.58. The van der Waals surface area contributed by atoms with Gasteiger partial charge in [0.25, 0.3) is 0 Å². The first-order valence-corrected chi connectivity index (χ1v) is 5.68. The molecule has 1 aliphatic heterocycles. The van der Waals surface area contributed by atoms with E-state index in [2.05, 4.69) is 15.6 Å². The molecule has 1 aromatic rings. The number of hydrogen-bond acceptors (Lipinski definition) is 3. The highest BCUT2D eigenvalue weighted by molar-refractivity contribution is 5.81. The molecule has 0 aromatic carbocycles. The molecule has 1 aliphatic rings. The van der Waals surface area contributed by atoms with Crippen molar-refractivity contribution >= 4 is 5.91 Å². The van der Waals surface area contributed by atoms with Crippen LogP contribution in [0.2, 0.25) is 0 Å². The number of aryl methyl sites for hydroxylation is 1. The SMILES string of the molecule is Cc1ccncc1CNC(=O)C1CCCN1. The predicted molar refractivity (Wildman–Crippen MR) is 61.8 cm³/mol. The van der Waals surface area contributed by atoms with E-state index in [4.69, 9.17) is 0 Å².